The van der Waals surface area contributed by atoms with E-state index in [1.165, 1.54) is 12.1 Å². The molecule has 1 aromatic rings. The summed E-state index contributed by atoms with van der Waals surface area (Å²) in [4.78, 5) is 0. The van der Waals surface area contributed by atoms with Crippen LogP contribution in [0.2, 0.25) is 0 Å². The Labute approximate surface area is 90.5 Å². The maximum absolute atomic E-state index is 13.7. The Morgan fingerprint density at radius 1 is 1.25 bits per heavy atom. The van der Waals surface area contributed by atoms with Gasteiger partial charge in [-0.2, -0.15) is 13.2 Å². The van der Waals surface area contributed by atoms with E-state index in [-0.39, 0.29) is 5.56 Å². The molecule has 1 aliphatic carbocycles. The first-order valence-corrected chi connectivity index (χ1v) is 4.96. The Morgan fingerprint density at radius 3 is 2.31 bits per heavy atom. The zero-order valence-electron chi connectivity index (χ0n) is 8.66. The molecule has 88 valence electrons. The summed E-state index contributed by atoms with van der Waals surface area (Å²) in [5, 5.41) is 2.88. The minimum Gasteiger partial charge on any atom is -0.310 e. The van der Waals surface area contributed by atoms with E-state index in [4.69, 9.17) is 0 Å². The van der Waals surface area contributed by atoms with Gasteiger partial charge >= 0.3 is 6.18 Å². The van der Waals surface area contributed by atoms with Gasteiger partial charge in [-0.25, -0.2) is 4.39 Å². The van der Waals surface area contributed by atoms with E-state index in [0.717, 1.165) is 6.07 Å². The average molecular weight is 233 g/mol. The molecular formula is C11H11F4N. The van der Waals surface area contributed by atoms with Gasteiger partial charge in [0.25, 0.3) is 0 Å². The van der Waals surface area contributed by atoms with Gasteiger partial charge in [0.15, 0.2) is 0 Å². The summed E-state index contributed by atoms with van der Waals surface area (Å²) in [6.07, 6.45) is -3.30. The number of nitrogens with one attached hydrogen (secondary N) is 1. The van der Waals surface area contributed by atoms with E-state index in [1.54, 1.807) is 7.05 Å². The molecule has 0 atom stereocenters. The first-order valence-electron chi connectivity index (χ1n) is 4.96. The van der Waals surface area contributed by atoms with Gasteiger partial charge < -0.3 is 5.32 Å². The first-order chi connectivity index (χ1) is 7.41. The normalized spacial score (nSPS) is 18.6. The number of alkyl halides is 3. The van der Waals surface area contributed by atoms with Crippen LogP contribution in [0.15, 0.2) is 18.2 Å². The lowest BCUT2D eigenvalue weighted by Crippen LogP contribution is -2.26. The van der Waals surface area contributed by atoms with Crippen molar-refractivity contribution >= 4 is 0 Å². The highest BCUT2D eigenvalue weighted by Crippen LogP contribution is 2.47. The highest BCUT2D eigenvalue weighted by Gasteiger charge is 2.46. The Kier molecular flexibility index (Phi) is 2.45. The molecule has 1 nitrogen and oxygen atoms in total. The Morgan fingerprint density at radius 2 is 1.88 bits per heavy atom. The number of hydrogen-bond donors (Lipinski definition) is 1. The molecule has 0 spiro atoms. The van der Waals surface area contributed by atoms with Crippen molar-refractivity contribution in [2.24, 2.45) is 0 Å². The maximum Gasteiger partial charge on any atom is 0.419 e. The molecule has 2 rings (SSSR count). The van der Waals surface area contributed by atoms with Crippen LogP contribution < -0.4 is 5.32 Å². The van der Waals surface area contributed by atoms with Crippen molar-refractivity contribution in [3.63, 3.8) is 0 Å². The molecule has 1 aliphatic rings. The van der Waals surface area contributed by atoms with Crippen LogP contribution in [-0.2, 0) is 11.7 Å². The number of rotatable bonds is 2. The number of halogens is 4. The second-order valence-corrected chi connectivity index (χ2v) is 4.00. The van der Waals surface area contributed by atoms with Crippen LogP contribution in [0.25, 0.3) is 0 Å². The molecule has 0 aliphatic heterocycles. The minimum atomic E-state index is -4.64. The third kappa shape index (κ3) is 1.69. The maximum atomic E-state index is 13.7. The van der Waals surface area contributed by atoms with Gasteiger partial charge in [-0.05, 0) is 26.0 Å². The average Bonchev–Trinajstić information content (AvgIpc) is 2.97. The van der Waals surface area contributed by atoms with Gasteiger partial charge in [0.1, 0.15) is 5.82 Å². The van der Waals surface area contributed by atoms with Gasteiger partial charge in [-0.3, -0.25) is 0 Å². The Balaban J connectivity index is 2.50. The minimum absolute atomic E-state index is 0.116. The summed E-state index contributed by atoms with van der Waals surface area (Å²) < 4.78 is 51.2. The molecule has 0 radical (unpaired) electrons. The van der Waals surface area contributed by atoms with Crippen molar-refractivity contribution in [3.8, 4) is 0 Å². The first kappa shape index (κ1) is 11.4. The largest absolute Gasteiger partial charge is 0.419 e. The summed E-state index contributed by atoms with van der Waals surface area (Å²) >= 11 is 0. The molecule has 16 heavy (non-hydrogen) atoms. The van der Waals surface area contributed by atoms with Crippen LogP contribution in [0.3, 0.4) is 0 Å². The Bertz CT molecular complexity index is 407. The highest BCUT2D eigenvalue weighted by atomic mass is 19.4. The van der Waals surface area contributed by atoms with Crippen LogP contribution in [0, 0.1) is 5.82 Å². The van der Waals surface area contributed by atoms with Gasteiger partial charge in [0, 0.05) is 11.1 Å². The Hall–Kier alpha value is -1.10. The topological polar surface area (TPSA) is 12.0 Å². The fraction of sp³-hybridized carbons (Fsp3) is 0.455. The molecule has 1 fully saturated rings. The highest BCUT2D eigenvalue weighted by molar-refractivity contribution is 5.36. The molecule has 1 aromatic carbocycles. The van der Waals surface area contributed by atoms with E-state index in [0.29, 0.717) is 12.8 Å². The van der Waals surface area contributed by atoms with Crippen molar-refractivity contribution in [1.29, 1.82) is 0 Å². The summed E-state index contributed by atoms with van der Waals surface area (Å²) in [5.74, 6) is -1.15. The van der Waals surface area contributed by atoms with Crippen LogP contribution in [0.4, 0.5) is 17.6 Å². The standard InChI is InChI=1S/C11H11F4N/c1-16-10(5-6-10)7-3-2-4-8(9(7)12)11(13,14)15/h2-4,16H,5-6H2,1H3. The van der Waals surface area contributed by atoms with Crippen LogP contribution in [0.5, 0.6) is 0 Å². The van der Waals surface area contributed by atoms with E-state index < -0.39 is 23.1 Å². The zero-order valence-corrected chi connectivity index (χ0v) is 8.66. The SMILES string of the molecule is CNC1(c2cccc(C(F)(F)F)c2F)CC1. The lowest BCUT2D eigenvalue weighted by Gasteiger charge is -2.18. The molecule has 1 N–H and O–H groups in total. The fourth-order valence-electron chi connectivity index (χ4n) is 1.90. The lowest BCUT2D eigenvalue weighted by atomic mass is 10.0. The number of hydrogen-bond acceptors (Lipinski definition) is 1. The van der Waals surface area contributed by atoms with Gasteiger partial charge in [-0.1, -0.05) is 12.1 Å². The lowest BCUT2D eigenvalue weighted by molar-refractivity contribution is -0.140. The quantitative estimate of drug-likeness (QED) is 0.774. The molecule has 1 saturated carbocycles. The van der Waals surface area contributed by atoms with Crippen molar-refractivity contribution in [1.82, 2.24) is 5.32 Å². The van der Waals surface area contributed by atoms with E-state index in [1.807, 2.05) is 0 Å². The van der Waals surface area contributed by atoms with Gasteiger partial charge in [0.05, 0.1) is 5.56 Å². The molecule has 0 bridgehead atoms. The molecule has 0 saturated heterocycles. The molecule has 0 heterocycles. The van der Waals surface area contributed by atoms with Crippen LogP contribution in [0.1, 0.15) is 24.0 Å². The van der Waals surface area contributed by atoms with Crippen molar-refractivity contribution < 1.29 is 17.6 Å². The summed E-state index contributed by atoms with van der Waals surface area (Å²) in [5.41, 5.74) is -1.66. The summed E-state index contributed by atoms with van der Waals surface area (Å²) in [6.45, 7) is 0. The molecule has 5 heteroatoms. The predicted octanol–water partition coefficient (Wildman–Crippen LogP) is 3.05. The van der Waals surface area contributed by atoms with E-state index >= 15 is 0 Å². The summed E-state index contributed by atoms with van der Waals surface area (Å²) in [6, 6.07) is 3.43. The van der Waals surface area contributed by atoms with Crippen molar-refractivity contribution in [2.45, 2.75) is 24.6 Å². The predicted molar refractivity (Wildman–Crippen MR) is 51.4 cm³/mol. The molecular weight excluding hydrogens is 222 g/mol. The van der Waals surface area contributed by atoms with Crippen molar-refractivity contribution in [3.05, 3.63) is 35.1 Å². The summed E-state index contributed by atoms with van der Waals surface area (Å²) in [7, 11) is 1.63. The molecule has 0 amide bonds. The second-order valence-electron chi connectivity index (χ2n) is 4.00. The second kappa shape index (κ2) is 3.45. The zero-order chi connectivity index (χ0) is 12.0. The fourth-order valence-corrected chi connectivity index (χ4v) is 1.90. The third-order valence-electron chi connectivity index (χ3n) is 3.05. The van der Waals surface area contributed by atoms with E-state index in [9.17, 15) is 17.6 Å². The monoisotopic (exact) mass is 233 g/mol. The molecule has 0 aromatic heterocycles. The van der Waals surface area contributed by atoms with Gasteiger partial charge in [-0.15, -0.1) is 0 Å². The van der Waals surface area contributed by atoms with Crippen LogP contribution >= 0.6 is 0 Å². The smallest absolute Gasteiger partial charge is 0.310 e. The van der Waals surface area contributed by atoms with Crippen molar-refractivity contribution in [2.75, 3.05) is 7.05 Å². The third-order valence-corrected chi connectivity index (χ3v) is 3.05. The van der Waals surface area contributed by atoms with E-state index in [2.05, 4.69) is 5.32 Å². The number of benzene rings is 1. The molecule has 0 unspecified atom stereocenters. The van der Waals surface area contributed by atoms with Gasteiger partial charge in [0.2, 0.25) is 0 Å². The van der Waals surface area contributed by atoms with Crippen LogP contribution in [-0.4, -0.2) is 7.05 Å².